The van der Waals surface area contributed by atoms with E-state index in [2.05, 4.69) is 48.1 Å². The second kappa shape index (κ2) is 12.2. The third-order valence-corrected chi connectivity index (χ3v) is 6.91. The summed E-state index contributed by atoms with van der Waals surface area (Å²) in [6, 6.07) is 0. The monoisotopic (exact) mass is 348 g/mol. The van der Waals surface area contributed by atoms with Gasteiger partial charge in [0.05, 0.1) is 0 Å². The lowest BCUT2D eigenvalue weighted by Crippen LogP contribution is -2.31. The minimum Gasteiger partial charge on any atom is -0.0996 e. The first-order valence-electron chi connectivity index (χ1n) is 11.6. The summed E-state index contributed by atoms with van der Waals surface area (Å²) in [4.78, 5) is 0. The van der Waals surface area contributed by atoms with E-state index in [1.807, 2.05) is 0 Å². The van der Waals surface area contributed by atoms with Crippen molar-refractivity contribution >= 4 is 0 Å². The highest BCUT2D eigenvalue weighted by Crippen LogP contribution is 2.44. The van der Waals surface area contributed by atoms with Crippen LogP contribution in [0.5, 0.6) is 0 Å². The Balaban J connectivity index is 2.28. The van der Waals surface area contributed by atoms with Gasteiger partial charge in [-0.05, 0) is 67.6 Å². The zero-order chi connectivity index (χ0) is 18.8. The maximum absolute atomic E-state index is 4.48. The van der Waals surface area contributed by atoms with Gasteiger partial charge in [0.2, 0.25) is 0 Å². The van der Waals surface area contributed by atoms with Crippen LogP contribution in [0.25, 0.3) is 0 Å². The topological polar surface area (TPSA) is 0 Å². The molecule has 0 bridgehead atoms. The summed E-state index contributed by atoms with van der Waals surface area (Å²) in [5, 5.41) is 0. The van der Waals surface area contributed by atoms with Crippen LogP contribution in [0.4, 0.5) is 0 Å². The molecule has 1 aliphatic carbocycles. The first-order chi connectivity index (χ1) is 11.9. The molecule has 0 radical (unpaired) electrons. The van der Waals surface area contributed by atoms with Gasteiger partial charge in [-0.1, -0.05) is 92.2 Å². The number of hydrogen-bond donors (Lipinski definition) is 0. The average molecular weight is 349 g/mol. The van der Waals surface area contributed by atoms with E-state index < -0.39 is 0 Å². The minimum atomic E-state index is 0.714. The van der Waals surface area contributed by atoms with E-state index in [1.165, 1.54) is 76.2 Å². The Bertz CT molecular complexity index is 353. The molecule has 5 unspecified atom stereocenters. The average Bonchev–Trinajstić information content (AvgIpc) is 2.50. The van der Waals surface area contributed by atoms with E-state index >= 15 is 0 Å². The lowest BCUT2D eigenvalue weighted by molar-refractivity contribution is 0.0968. The molecule has 0 N–H and O–H groups in total. The van der Waals surface area contributed by atoms with Crippen molar-refractivity contribution in [3.8, 4) is 0 Å². The SMILES string of the molecule is C=C(CC(CCC)CC(C)C)C(C)CCCC(C)C1CCC1CCC. The van der Waals surface area contributed by atoms with Gasteiger partial charge in [-0.25, -0.2) is 0 Å². The fourth-order valence-corrected chi connectivity index (χ4v) is 5.19. The molecule has 0 saturated heterocycles. The van der Waals surface area contributed by atoms with Crippen molar-refractivity contribution in [2.45, 2.75) is 112 Å². The largest absolute Gasteiger partial charge is 0.0996 e. The highest BCUT2D eigenvalue weighted by atomic mass is 14.4. The summed E-state index contributed by atoms with van der Waals surface area (Å²) in [5.41, 5.74) is 1.53. The van der Waals surface area contributed by atoms with Crippen LogP contribution in [-0.4, -0.2) is 0 Å². The van der Waals surface area contributed by atoms with Crippen LogP contribution in [-0.2, 0) is 0 Å². The van der Waals surface area contributed by atoms with Crippen LogP contribution in [0.2, 0.25) is 0 Å². The molecule has 148 valence electrons. The van der Waals surface area contributed by atoms with E-state index in [-0.39, 0.29) is 0 Å². The van der Waals surface area contributed by atoms with E-state index in [9.17, 15) is 0 Å². The molecule has 5 atom stereocenters. The zero-order valence-corrected chi connectivity index (χ0v) is 18.4. The van der Waals surface area contributed by atoms with Gasteiger partial charge >= 0.3 is 0 Å². The van der Waals surface area contributed by atoms with Crippen LogP contribution < -0.4 is 0 Å². The molecule has 1 fully saturated rings. The van der Waals surface area contributed by atoms with Gasteiger partial charge in [0, 0.05) is 0 Å². The molecular formula is C25H48. The second-order valence-electron chi connectivity index (χ2n) is 9.75. The Morgan fingerprint density at radius 1 is 0.960 bits per heavy atom. The fraction of sp³-hybridized carbons (Fsp3) is 0.920. The minimum absolute atomic E-state index is 0.714. The molecule has 0 aromatic heterocycles. The number of hydrogen-bond acceptors (Lipinski definition) is 0. The third-order valence-electron chi connectivity index (χ3n) is 6.91. The first kappa shape index (κ1) is 22.8. The highest BCUT2D eigenvalue weighted by molar-refractivity contribution is 5.00. The van der Waals surface area contributed by atoms with Crippen LogP contribution in [0, 0.1) is 35.5 Å². The predicted molar refractivity (Wildman–Crippen MR) is 115 cm³/mol. The standard InChI is InChI=1S/C25H48/c1-8-11-23(17-19(3)4)18-22(7)20(5)13-10-14-21(6)25-16-15-24(25)12-9-2/h19-21,23-25H,7-18H2,1-6H3. The summed E-state index contributed by atoms with van der Waals surface area (Å²) in [6.07, 6.45) is 15.4. The summed E-state index contributed by atoms with van der Waals surface area (Å²) < 4.78 is 0. The maximum atomic E-state index is 4.48. The summed E-state index contributed by atoms with van der Waals surface area (Å²) in [5.74, 6) is 5.44. The van der Waals surface area contributed by atoms with E-state index in [4.69, 9.17) is 0 Å². The Hall–Kier alpha value is -0.260. The maximum Gasteiger partial charge on any atom is -0.0234 e. The molecule has 0 spiro atoms. The van der Waals surface area contributed by atoms with E-state index in [0.717, 1.165) is 29.6 Å². The van der Waals surface area contributed by atoms with E-state index in [1.54, 1.807) is 0 Å². The molecule has 1 aliphatic rings. The Morgan fingerprint density at radius 3 is 2.20 bits per heavy atom. The smallest absolute Gasteiger partial charge is 0.0234 e. The van der Waals surface area contributed by atoms with Crippen molar-refractivity contribution in [3.63, 3.8) is 0 Å². The number of allylic oxidation sites excluding steroid dienone is 1. The second-order valence-corrected chi connectivity index (χ2v) is 9.75. The summed E-state index contributed by atoms with van der Waals surface area (Å²) in [7, 11) is 0. The van der Waals surface area contributed by atoms with Crippen molar-refractivity contribution in [1.82, 2.24) is 0 Å². The molecule has 25 heavy (non-hydrogen) atoms. The van der Waals surface area contributed by atoms with Crippen molar-refractivity contribution < 1.29 is 0 Å². The lowest BCUT2D eigenvalue weighted by atomic mass is 9.65. The van der Waals surface area contributed by atoms with Gasteiger partial charge in [0.1, 0.15) is 0 Å². The van der Waals surface area contributed by atoms with Crippen molar-refractivity contribution in [2.24, 2.45) is 35.5 Å². The molecule has 0 amide bonds. The highest BCUT2D eigenvalue weighted by Gasteiger charge is 2.33. The lowest BCUT2D eigenvalue weighted by Gasteiger charge is -2.41. The molecule has 0 heterocycles. The summed E-state index contributed by atoms with van der Waals surface area (Å²) in [6.45, 7) is 18.8. The summed E-state index contributed by atoms with van der Waals surface area (Å²) >= 11 is 0. The van der Waals surface area contributed by atoms with Gasteiger partial charge in [-0.3, -0.25) is 0 Å². The quantitative estimate of drug-likeness (QED) is 0.275. The Kier molecular flexibility index (Phi) is 11.1. The van der Waals surface area contributed by atoms with Gasteiger partial charge in [0.15, 0.2) is 0 Å². The molecule has 1 saturated carbocycles. The first-order valence-corrected chi connectivity index (χ1v) is 11.6. The van der Waals surface area contributed by atoms with Crippen LogP contribution in [0.15, 0.2) is 12.2 Å². The normalized spacial score (nSPS) is 24.0. The van der Waals surface area contributed by atoms with Crippen LogP contribution >= 0.6 is 0 Å². The van der Waals surface area contributed by atoms with E-state index in [0.29, 0.717) is 5.92 Å². The molecule has 0 aromatic carbocycles. The number of rotatable bonds is 14. The van der Waals surface area contributed by atoms with Gasteiger partial charge in [0.25, 0.3) is 0 Å². The van der Waals surface area contributed by atoms with Gasteiger partial charge in [-0.15, -0.1) is 0 Å². The predicted octanol–water partition coefficient (Wildman–Crippen LogP) is 8.66. The third kappa shape index (κ3) is 8.31. The van der Waals surface area contributed by atoms with Crippen LogP contribution in [0.1, 0.15) is 112 Å². The fourth-order valence-electron chi connectivity index (χ4n) is 5.19. The molecule has 1 rings (SSSR count). The Labute approximate surface area is 160 Å². The van der Waals surface area contributed by atoms with Crippen molar-refractivity contribution in [1.29, 1.82) is 0 Å². The molecular weight excluding hydrogens is 300 g/mol. The molecule has 0 aromatic rings. The van der Waals surface area contributed by atoms with Crippen LogP contribution in [0.3, 0.4) is 0 Å². The van der Waals surface area contributed by atoms with Crippen molar-refractivity contribution in [3.05, 3.63) is 12.2 Å². The van der Waals surface area contributed by atoms with Gasteiger partial charge < -0.3 is 0 Å². The molecule has 0 heteroatoms. The zero-order valence-electron chi connectivity index (χ0n) is 18.4. The van der Waals surface area contributed by atoms with Gasteiger partial charge in [-0.2, -0.15) is 0 Å². The van der Waals surface area contributed by atoms with Crippen molar-refractivity contribution in [2.75, 3.05) is 0 Å². The molecule has 0 aliphatic heterocycles. The Morgan fingerprint density at radius 2 is 1.68 bits per heavy atom. The molecule has 0 nitrogen and oxygen atoms in total.